The van der Waals surface area contributed by atoms with E-state index in [1.165, 1.54) is 18.2 Å². The van der Waals surface area contributed by atoms with Crippen LogP contribution in [-0.4, -0.2) is 38.2 Å². The minimum atomic E-state index is -3.15. The van der Waals surface area contributed by atoms with Gasteiger partial charge in [-0.25, -0.2) is 12.8 Å². The van der Waals surface area contributed by atoms with Gasteiger partial charge in [0, 0.05) is 5.56 Å². The Morgan fingerprint density at radius 2 is 2.10 bits per heavy atom. The van der Waals surface area contributed by atoms with Crippen LogP contribution in [0.15, 0.2) is 18.2 Å². The first-order valence-corrected chi connectivity index (χ1v) is 8.03. The molecule has 0 saturated carbocycles. The smallest absolute Gasteiger partial charge is 0.165 e. The number of ether oxygens (including phenoxy) is 1. The van der Waals surface area contributed by atoms with Crippen molar-refractivity contribution in [2.45, 2.75) is 13.3 Å². The summed E-state index contributed by atoms with van der Waals surface area (Å²) < 4.78 is 41.6. The lowest BCUT2D eigenvalue weighted by Crippen LogP contribution is -2.17. The molecule has 0 aromatic heterocycles. The second-order valence-corrected chi connectivity index (χ2v) is 6.41. The van der Waals surface area contributed by atoms with Gasteiger partial charge in [0.15, 0.2) is 21.4 Å². The molecule has 0 saturated heterocycles. The summed E-state index contributed by atoms with van der Waals surface area (Å²) in [6.07, 6.45) is 0.545. The third-order valence-electron chi connectivity index (χ3n) is 2.41. The van der Waals surface area contributed by atoms with Crippen molar-refractivity contribution < 1.29 is 22.7 Å². The number of sulfone groups is 1. The Kier molecular flexibility index (Phi) is 6.49. The molecule has 0 amide bonds. The topological polar surface area (TPSA) is 63.6 Å². The molecule has 0 aliphatic heterocycles. The fraction of sp³-hybridized carbons (Fsp3) is 0.429. The van der Waals surface area contributed by atoms with E-state index in [-0.39, 0.29) is 30.5 Å². The standard InChI is InChI=1S/C14H17FO4S/c1-2-9-20(17,18)10-8-19-14-11-12(4-3-7-16)5-6-13(14)15/h5-6,11,16H,2,7-10H2,1H3. The molecule has 1 aromatic rings. The lowest BCUT2D eigenvalue weighted by molar-refractivity contribution is 0.322. The average Bonchev–Trinajstić information content (AvgIpc) is 2.39. The van der Waals surface area contributed by atoms with Crippen molar-refractivity contribution in [1.82, 2.24) is 0 Å². The van der Waals surface area contributed by atoms with Crippen molar-refractivity contribution in [3.8, 4) is 17.6 Å². The summed E-state index contributed by atoms with van der Waals surface area (Å²) in [4.78, 5) is 0. The van der Waals surface area contributed by atoms with E-state index in [1.54, 1.807) is 6.92 Å². The molecule has 0 aliphatic rings. The average molecular weight is 300 g/mol. The SMILES string of the molecule is CCCS(=O)(=O)CCOc1cc(C#CCO)ccc1F. The minimum Gasteiger partial charge on any atom is -0.489 e. The van der Waals surface area contributed by atoms with Crippen LogP contribution in [0, 0.1) is 17.7 Å². The van der Waals surface area contributed by atoms with Gasteiger partial charge >= 0.3 is 0 Å². The van der Waals surface area contributed by atoms with Gasteiger partial charge < -0.3 is 9.84 Å². The maximum absolute atomic E-state index is 13.5. The monoisotopic (exact) mass is 300 g/mol. The van der Waals surface area contributed by atoms with E-state index >= 15 is 0 Å². The molecule has 0 fully saturated rings. The fourth-order valence-corrected chi connectivity index (χ4v) is 2.69. The zero-order valence-electron chi connectivity index (χ0n) is 11.2. The molecule has 6 heteroatoms. The zero-order valence-corrected chi connectivity index (χ0v) is 12.0. The van der Waals surface area contributed by atoms with Crippen LogP contribution in [0.2, 0.25) is 0 Å². The number of aliphatic hydroxyl groups excluding tert-OH is 1. The van der Waals surface area contributed by atoms with Crippen molar-refractivity contribution in [3.05, 3.63) is 29.6 Å². The quantitative estimate of drug-likeness (QED) is 0.806. The first-order chi connectivity index (χ1) is 9.48. The Labute approximate surface area is 118 Å². The second-order valence-electron chi connectivity index (χ2n) is 4.11. The van der Waals surface area contributed by atoms with Gasteiger partial charge in [0.1, 0.15) is 13.2 Å². The van der Waals surface area contributed by atoms with Gasteiger partial charge in [0.25, 0.3) is 0 Å². The van der Waals surface area contributed by atoms with Gasteiger partial charge in [-0.15, -0.1) is 0 Å². The summed E-state index contributed by atoms with van der Waals surface area (Å²) in [5.74, 6) is 4.40. The van der Waals surface area contributed by atoms with Gasteiger partial charge in [-0.1, -0.05) is 18.8 Å². The van der Waals surface area contributed by atoms with Crippen molar-refractivity contribution in [3.63, 3.8) is 0 Å². The van der Waals surface area contributed by atoms with Crippen LogP contribution in [0.4, 0.5) is 4.39 Å². The summed E-state index contributed by atoms with van der Waals surface area (Å²) in [5.41, 5.74) is 0.492. The molecule has 0 heterocycles. The third-order valence-corrected chi connectivity index (χ3v) is 4.23. The van der Waals surface area contributed by atoms with E-state index in [0.717, 1.165) is 0 Å². The number of benzene rings is 1. The highest BCUT2D eigenvalue weighted by atomic mass is 32.2. The van der Waals surface area contributed by atoms with Crippen LogP contribution in [0.1, 0.15) is 18.9 Å². The molecule has 0 spiro atoms. The molecular formula is C14H17FO4S. The maximum atomic E-state index is 13.5. The Morgan fingerprint density at radius 1 is 1.35 bits per heavy atom. The van der Waals surface area contributed by atoms with E-state index in [0.29, 0.717) is 12.0 Å². The summed E-state index contributed by atoms with van der Waals surface area (Å²) in [7, 11) is -3.15. The molecule has 0 atom stereocenters. The summed E-state index contributed by atoms with van der Waals surface area (Å²) >= 11 is 0. The Balaban J connectivity index is 2.68. The predicted octanol–water partition coefficient (Wildman–Crippen LogP) is 1.37. The second kappa shape index (κ2) is 7.88. The van der Waals surface area contributed by atoms with Crippen LogP contribution in [-0.2, 0) is 9.84 Å². The third kappa shape index (κ3) is 5.59. The fourth-order valence-electron chi connectivity index (χ4n) is 1.52. The molecule has 1 aromatic carbocycles. The Bertz CT molecular complexity index is 599. The Morgan fingerprint density at radius 3 is 2.75 bits per heavy atom. The number of halogens is 1. The van der Waals surface area contributed by atoms with Crippen molar-refractivity contribution in [1.29, 1.82) is 0 Å². The molecule has 20 heavy (non-hydrogen) atoms. The van der Waals surface area contributed by atoms with Crippen LogP contribution in [0.3, 0.4) is 0 Å². The number of hydrogen-bond acceptors (Lipinski definition) is 4. The molecule has 0 bridgehead atoms. The lowest BCUT2D eigenvalue weighted by Gasteiger charge is -2.08. The van der Waals surface area contributed by atoms with E-state index in [4.69, 9.17) is 9.84 Å². The molecule has 0 aliphatic carbocycles. The van der Waals surface area contributed by atoms with Crippen molar-refractivity contribution >= 4 is 9.84 Å². The maximum Gasteiger partial charge on any atom is 0.165 e. The number of rotatable bonds is 6. The predicted molar refractivity (Wildman–Crippen MR) is 74.8 cm³/mol. The zero-order chi connectivity index (χ0) is 15.0. The van der Waals surface area contributed by atoms with Gasteiger partial charge in [-0.3, -0.25) is 0 Å². The molecule has 0 radical (unpaired) electrons. The lowest BCUT2D eigenvalue weighted by atomic mass is 10.2. The molecule has 1 rings (SSSR count). The summed E-state index contributed by atoms with van der Waals surface area (Å²) in [6.45, 7) is 1.39. The van der Waals surface area contributed by atoms with E-state index in [2.05, 4.69) is 11.8 Å². The highest BCUT2D eigenvalue weighted by molar-refractivity contribution is 7.91. The molecule has 4 nitrogen and oxygen atoms in total. The number of aliphatic hydroxyl groups is 1. The van der Waals surface area contributed by atoms with E-state index < -0.39 is 15.7 Å². The summed E-state index contributed by atoms with van der Waals surface area (Å²) in [6, 6.07) is 4.03. The molecule has 1 N–H and O–H groups in total. The van der Waals surface area contributed by atoms with E-state index in [1.807, 2.05) is 0 Å². The highest BCUT2D eigenvalue weighted by Crippen LogP contribution is 2.18. The van der Waals surface area contributed by atoms with Crippen molar-refractivity contribution in [2.24, 2.45) is 0 Å². The highest BCUT2D eigenvalue weighted by Gasteiger charge is 2.11. The van der Waals surface area contributed by atoms with Gasteiger partial charge in [-0.05, 0) is 24.6 Å². The largest absolute Gasteiger partial charge is 0.489 e. The van der Waals surface area contributed by atoms with Crippen LogP contribution in [0.5, 0.6) is 5.75 Å². The van der Waals surface area contributed by atoms with Crippen LogP contribution in [0.25, 0.3) is 0 Å². The van der Waals surface area contributed by atoms with Gasteiger partial charge in [0.05, 0.1) is 11.5 Å². The molecular weight excluding hydrogens is 283 g/mol. The molecule has 110 valence electrons. The minimum absolute atomic E-state index is 0.0403. The molecule has 0 unspecified atom stereocenters. The van der Waals surface area contributed by atoms with E-state index in [9.17, 15) is 12.8 Å². The first-order valence-electron chi connectivity index (χ1n) is 6.21. The van der Waals surface area contributed by atoms with Crippen LogP contribution >= 0.6 is 0 Å². The first kappa shape index (κ1) is 16.5. The van der Waals surface area contributed by atoms with Crippen LogP contribution < -0.4 is 4.74 Å². The van der Waals surface area contributed by atoms with Gasteiger partial charge in [0.2, 0.25) is 0 Å². The Hall–Kier alpha value is -1.58. The van der Waals surface area contributed by atoms with Gasteiger partial charge in [-0.2, -0.15) is 0 Å². The summed E-state index contributed by atoms with van der Waals surface area (Å²) in [5, 5.41) is 8.59. The number of hydrogen-bond donors (Lipinski definition) is 1. The normalized spacial score (nSPS) is 10.8. The van der Waals surface area contributed by atoms with Crippen molar-refractivity contribution in [2.75, 3.05) is 24.7 Å².